The average molecular weight is 544 g/mol. The molecule has 5 aromatic rings. The van der Waals surface area contributed by atoms with Crippen LogP contribution in [0.25, 0.3) is 10.8 Å². The van der Waals surface area contributed by atoms with E-state index in [1.54, 1.807) is 4.90 Å². The van der Waals surface area contributed by atoms with Crippen molar-refractivity contribution in [2.24, 2.45) is 0 Å². The lowest BCUT2D eigenvalue weighted by Gasteiger charge is -2.39. The second-order valence-corrected chi connectivity index (χ2v) is 10.7. The lowest BCUT2D eigenvalue weighted by atomic mass is 9.99. The van der Waals surface area contributed by atoms with E-state index in [1.165, 1.54) is 0 Å². The number of aromatic nitrogens is 1. The fourth-order valence-electron chi connectivity index (χ4n) is 5.67. The van der Waals surface area contributed by atoms with Gasteiger partial charge in [-0.15, -0.1) is 0 Å². The lowest BCUT2D eigenvalue weighted by molar-refractivity contribution is -0.135. The molecule has 0 fully saturated rings. The maximum Gasteiger partial charge on any atom is 0.255 e. The highest BCUT2D eigenvalue weighted by molar-refractivity contribution is 6.07. The quantitative estimate of drug-likeness (QED) is 0.224. The summed E-state index contributed by atoms with van der Waals surface area (Å²) in [6.45, 7) is 5.16. The normalized spacial score (nSPS) is 14.6. The third-order valence-electron chi connectivity index (χ3n) is 7.72. The van der Waals surface area contributed by atoms with Gasteiger partial charge in [-0.3, -0.25) is 9.59 Å². The molecule has 4 aromatic carbocycles. The first-order chi connectivity index (χ1) is 20.0. The van der Waals surface area contributed by atoms with Gasteiger partial charge in [0.1, 0.15) is 18.0 Å². The molecule has 0 saturated carbocycles. The largest absolute Gasteiger partial charge is 0.457 e. The molecule has 1 aliphatic heterocycles. The van der Waals surface area contributed by atoms with Crippen molar-refractivity contribution >= 4 is 22.6 Å². The van der Waals surface area contributed by atoms with Crippen molar-refractivity contribution in [3.05, 3.63) is 132 Å². The molecule has 2 amide bonds. The van der Waals surface area contributed by atoms with E-state index in [9.17, 15) is 9.59 Å². The Hall–Kier alpha value is -4.84. The number of carbonyl (C=O) groups excluding carboxylic acids is 2. The third-order valence-corrected chi connectivity index (χ3v) is 7.72. The zero-order valence-electron chi connectivity index (χ0n) is 23.3. The number of nitrogens with zero attached hydrogens (tertiary/aromatic N) is 3. The second-order valence-electron chi connectivity index (χ2n) is 10.7. The number of para-hydroxylation sites is 1. The van der Waals surface area contributed by atoms with Crippen LogP contribution in [-0.4, -0.2) is 45.3 Å². The Kier molecular flexibility index (Phi) is 7.30. The Bertz CT molecular complexity index is 1690. The molecule has 6 heteroatoms. The minimum atomic E-state index is -0.299. The van der Waals surface area contributed by atoms with Crippen LogP contribution >= 0.6 is 0 Å². The number of benzene rings is 4. The van der Waals surface area contributed by atoms with Crippen LogP contribution in [0.2, 0.25) is 0 Å². The molecular weight excluding hydrogens is 510 g/mol. The van der Waals surface area contributed by atoms with E-state index in [0.717, 1.165) is 27.8 Å². The van der Waals surface area contributed by atoms with E-state index in [1.807, 2.05) is 122 Å². The van der Waals surface area contributed by atoms with E-state index in [-0.39, 0.29) is 30.4 Å². The number of hydrogen-bond acceptors (Lipinski definition) is 3. The van der Waals surface area contributed by atoms with Crippen LogP contribution in [-0.2, 0) is 11.3 Å². The molecule has 206 valence electrons. The molecule has 1 unspecified atom stereocenters. The van der Waals surface area contributed by atoms with Crippen molar-refractivity contribution in [3.63, 3.8) is 0 Å². The van der Waals surface area contributed by atoms with E-state index in [4.69, 9.17) is 4.74 Å². The number of rotatable bonds is 7. The van der Waals surface area contributed by atoms with Crippen LogP contribution in [0, 0.1) is 0 Å². The Labute approximate surface area is 240 Å². The van der Waals surface area contributed by atoms with Gasteiger partial charge in [-0.05, 0) is 72.6 Å². The van der Waals surface area contributed by atoms with Gasteiger partial charge in [-0.25, -0.2) is 0 Å². The van der Waals surface area contributed by atoms with Crippen LogP contribution in [0.1, 0.15) is 41.5 Å². The number of amides is 2. The summed E-state index contributed by atoms with van der Waals surface area (Å²) in [7, 11) is 0. The highest BCUT2D eigenvalue weighted by Gasteiger charge is 2.34. The van der Waals surface area contributed by atoms with Crippen molar-refractivity contribution in [2.75, 3.05) is 13.1 Å². The topological polar surface area (TPSA) is 54.8 Å². The van der Waals surface area contributed by atoms with E-state index in [2.05, 4.69) is 16.8 Å². The van der Waals surface area contributed by atoms with Gasteiger partial charge in [0.25, 0.3) is 5.91 Å². The van der Waals surface area contributed by atoms with Gasteiger partial charge < -0.3 is 19.1 Å². The third kappa shape index (κ3) is 5.33. The highest BCUT2D eigenvalue weighted by Crippen LogP contribution is 2.35. The van der Waals surface area contributed by atoms with Crippen molar-refractivity contribution in [2.45, 2.75) is 32.5 Å². The maximum atomic E-state index is 14.1. The molecular formula is C35H33N3O3. The Balaban J connectivity index is 1.30. The average Bonchev–Trinajstić information content (AvgIpc) is 3.48. The first-order valence-electron chi connectivity index (χ1n) is 14.1. The standard InChI is InChI=1S/C35H33N3O3/c1-25(2)38(35(40)31-18-9-12-26-11-6-7-17-30(26)31)24-33(39)37-22-21-36-20-10-19-32(36)34(37)27-13-8-16-29(23-27)41-28-14-4-3-5-15-28/h3-20,23,25,34H,21-22,24H2,1-2H3. The summed E-state index contributed by atoms with van der Waals surface area (Å²) < 4.78 is 8.32. The molecule has 6 nitrogen and oxygen atoms in total. The maximum absolute atomic E-state index is 14.1. The smallest absolute Gasteiger partial charge is 0.255 e. The molecule has 0 radical (unpaired) electrons. The van der Waals surface area contributed by atoms with Crippen LogP contribution in [0.15, 0.2) is 115 Å². The minimum Gasteiger partial charge on any atom is -0.457 e. The molecule has 0 N–H and O–H groups in total. The predicted octanol–water partition coefficient (Wildman–Crippen LogP) is 6.92. The summed E-state index contributed by atoms with van der Waals surface area (Å²) in [5, 5.41) is 1.89. The van der Waals surface area contributed by atoms with Crippen molar-refractivity contribution in [3.8, 4) is 11.5 Å². The molecule has 0 spiro atoms. The van der Waals surface area contributed by atoms with Gasteiger partial charge >= 0.3 is 0 Å². The zero-order valence-corrected chi connectivity index (χ0v) is 23.3. The number of ether oxygens (including phenoxy) is 1. The Morgan fingerprint density at radius 1 is 0.829 bits per heavy atom. The molecule has 1 atom stereocenters. The molecule has 2 heterocycles. The fraction of sp³-hybridized carbons (Fsp3) is 0.200. The Morgan fingerprint density at radius 2 is 1.56 bits per heavy atom. The van der Waals surface area contributed by atoms with Gasteiger partial charge in [0.15, 0.2) is 0 Å². The SMILES string of the molecule is CC(C)N(CC(=O)N1CCn2cccc2C1c1cccc(Oc2ccccc2)c1)C(=O)c1cccc2ccccc12. The number of hydrogen-bond donors (Lipinski definition) is 0. The first-order valence-corrected chi connectivity index (χ1v) is 14.1. The van der Waals surface area contributed by atoms with Gasteiger partial charge in [0.05, 0.1) is 6.04 Å². The molecule has 1 aromatic heterocycles. The summed E-state index contributed by atoms with van der Waals surface area (Å²) in [4.78, 5) is 31.6. The highest BCUT2D eigenvalue weighted by atomic mass is 16.5. The molecule has 0 aliphatic carbocycles. The number of carbonyl (C=O) groups is 2. The fourth-order valence-corrected chi connectivity index (χ4v) is 5.67. The van der Waals surface area contributed by atoms with Gasteiger partial charge in [0.2, 0.25) is 5.91 Å². The van der Waals surface area contributed by atoms with Crippen molar-refractivity contribution < 1.29 is 14.3 Å². The lowest BCUT2D eigenvalue weighted by Crippen LogP contribution is -2.49. The summed E-state index contributed by atoms with van der Waals surface area (Å²) in [5.41, 5.74) is 2.61. The molecule has 41 heavy (non-hydrogen) atoms. The summed E-state index contributed by atoms with van der Waals surface area (Å²) >= 11 is 0. The van der Waals surface area contributed by atoms with Gasteiger partial charge in [-0.1, -0.05) is 66.7 Å². The minimum absolute atomic E-state index is 0.00284. The predicted molar refractivity (Wildman–Crippen MR) is 161 cm³/mol. The van der Waals surface area contributed by atoms with Crippen LogP contribution in [0.4, 0.5) is 0 Å². The Morgan fingerprint density at radius 3 is 2.39 bits per heavy atom. The van der Waals surface area contributed by atoms with E-state index >= 15 is 0 Å². The summed E-state index contributed by atoms with van der Waals surface area (Å²) in [5.74, 6) is 1.24. The van der Waals surface area contributed by atoms with Crippen LogP contribution < -0.4 is 4.74 Å². The van der Waals surface area contributed by atoms with E-state index in [0.29, 0.717) is 24.4 Å². The van der Waals surface area contributed by atoms with Crippen LogP contribution in [0.3, 0.4) is 0 Å². The molecule has 0 bridgehead atoms. The van der Waals surface area contributed by atoms with Crippen LogP contribution in [0.5, 0.6) is 11.5 Å². The van der Waals surface area contributed by atoms with E-state index < -0.39 is 0 Å². The summed E-state index contributed by atoms with van der Waals surface area (Å²) in [6, 6.07) is 34.8. The zero-order chi connectivity index (χ0) is 28.3. The monoisotopic (exact) mass is 543 g/mol. The van der Waals surface area contributed by atoms with Gasteiger partial charge in [0, 0.05) is 36.6 Å². The summed E-state index contributed by atoms with van der Waals surface area (Å²) in [6.07, 6.45) is 2.05. The molecule has 6 rings (SSSR count). The second kappa shape index (κ2) is 11.3. The van der Waals surface area contributed by atoms with Crippen molar-refractivity contribution in [1.82, 2.24) is 14.4 Å². The van der Waals surface area contributed by atoms with Crippen molar-refractivity contribution in [1.29, 1.82) is 0 Å². The number of fused-ring (bicyclic) bond motifs is 2. The first kappa shape index (κ1) is 26.4. The molecule has 0 saturated heterocycles. The van der Waals surface area contributed by atoms with Gasteiger partial charge in [-0.2, -0.15) is 0 Å². The molecule has 1 aliphatic rings.